The molecular weight excluding hydrogens is 370 g/mol. The number of methoxy groups -OCH3 is 2. The zero-order valence-electron chi connectivity index (χ0n) is 17.2. The third-order valence-corrected chi connectivity index (χ3v) is 5.12. The molecule has 1 aliphatic heterocycles. The lowest BCUT2D eigenvalue weighted by atomic mass is 9.93. The number of hydrogen-bond donors (Lipinski definition) is 3. The first kappa shape index (κ1) is 20.3. The summed E-state index contributed by atoms with van der Waals surface area (Å²) in [7, 11) is 3.10. The van der Waals surface area contributed by atoms with E-state index in [2.05, 4.69) is 16.0 Å². The Labute approximate surface area is 170 Å². The lowest BCUT2D eigenvalue weighted by Crippen LogP contribution is -2.46. The van der Waals surface area contributed by atoms with Gasteiger partial charge in [-0.1, -0.05) is 12.1 Å². The highest BCUT2D eigenvalue weighted by Crippen LogP contribution is 2.36. The molecule has 7 nitrogen and oxygen atoms in total. The standard InChI is InChI=1S/C22H25N3O4/c1-12-7-6-8-17(13(12)2)24-21(26)19-14(3)23-22(27)25-20(19)16-10-9-15(28-4)11-18(16)29-5/h6-11,20H,1-5H3,(H,24,26)(H2,23,25,27)/t20-/m1/s1. The van der Waals surface area contributed by atoms with Crippen LogP contribution in [-0.4, -0.2) is 26.2 Å². The van der Waals surface area contributed by atoms with E-state index >= 15 is 0 Å². The highest BCUT2D eigenvalue weighted by Gasteiger charge is 2.33. The molecular formula is C22H25N3O4. The topological polar surface area (TPSA) is 88.7 Å². The van der Waals surface area contributed by atoms with Gasteiger partial charge in [0.15, 0.2) is 0 Å². The number of allylic oxidation sites excluding steroid dienone is 1. The fourth-order valence-corrected chi connectivity index (χ4v) is 3.36. The molecule has 2 aromatic carbocycles. The summed E-state index contributed by atoms with van der Waals surface area (Å²) in [6.07, 6.45) is 0. The number of carbonyl (C=O) groups is 2. The monoisotopic (exact) mass is 395 g/mol. The second-order valence-corrected chi connectivity index (χ2v) is 6.88. The van der Waals surface area contributed by atoms with Gasteiger partial charge in [0.25, 0.3) is 5.91 Å². The van der Waals surface area contributed by atoms with E-state index in [9.17, 15) is 9.59 Å². The highest BCUT2D eigenvalue weighted by molar-refractivity contribution is 6.07. The molecule has 152 valence electrons. The largest absolute Gasteiger partial charge is 0.497 e. The molecule has 0 fully saturated rings. The predicted molar refractivity (Wildman–Crippen MR) is 111 cm³/mol. The smallest absolute Gasteiger partial charge is 0.319 e. The van der Waals surface area contributed by atoms with E-state index in [0.717, 1.165) is 16.8 Å². The average Bonchev–Trinajstić information content (AvgIpc) is 2.70. The number of nitrogens with one attached hydrogen (secondary N) is 3. The van der Waals surface area contributed by atoms with Crippen molar-refractivity contribution in [3.63, 3.8) is 0 Å². The molecule has 1 heterocycles. The van der Waals surface area contributed by atoms with Gasteiger partial charge in [-0.15, -0.1) is 0 Å². The molecule has 29 heavy (non-hydrogen) atoms. The molecule has 1 aliphatic rings. The van der Waals surface area contributed by atoms with Gasteiger partial charge in [-0.2, -0.15) is 0 Å². The Bertz CT molecular complexity index is 998. The van der Waals surface area contributed by atoms with Gasteiger partial charge in [0, 0.05) is 23.0 Å². The first-order valence-electron chi connectivity index (χ1n) is 9.23. The Morgan fingerprint density at radius 3 is 2.52 bits per heavy atom. The summed E-state index contributed by atoms with van der Waals surface area (Å²) in [6.45, 7) is 5.65. The van der Waals surface area contributed by atoms with Crippen molar-refractivity contribution in [1.82, 2.24) is 10.6 Å². The van der Waals surface area contributed by atoms with Gasteiger partial charge in [0.2, 0.25) is 0 Å². The molecule has 3 rings (SSSR count). The fourth-order valence-electron chi connectivity index (χ4n) is 3.36. The molecule has 0 bridgehead atoms. The Morgan fingerprint density at radius 2 is 1.83 bits per heavy atom. The summed E-state index contributed by atoms with van der Waals surface area (Å²) in [6, 6.07) is 9.96. The van der Waals surface area contributed by atoms with Gasteiger partial charge in [0.05, 0.1) is 25.8 Å². The van der Waals surface area contributed by atoms with Crippen LogP contribution in [0.3, 0.4) is 0 Å². The van der Waals surface area contributed by atoms with E-state index in [0.29, 0.717) is 28.3 Å². The molecule has 1 atom stereocenters. The Balaban J connectivity index is 2.02. The van der Waals surface area contributed by atoms with Crippen LogP contribution in [-0.2, 0) is 4.79 Å². The van der Waals surface area contributed by atoms with Gasteiger partial charge < -0.3 is 25.4 Å². The minimum Gasteiger partial charge on any atom is -0.497 e. The SMILES string of the molecule is COc1ccc([C@H]2NC(=O)NC(C)=C2C(=O)Nc2cccc(C)c2C)c(OC)c1. The van der Waals surface area contributed by atoms with E-state index in [1.54, 1.807) is 32.2 Å². The number of anilines is 1. The van der Waals surface area contributed by atoms with Crippen molar-refractivity contribution in [2.75, 3.05) is 19.5 Å². The third kappa shape index (κ3) is 4.03. The molecule has 2 aromatic rings. The molecule has 0 unspecified atom stereocenters. The van der Waals surface area contributed by atoms with Crippen LogP contribution in [0.1, 0.15) is 29.7 Å². The van der Waals surface area contributed by atoms with E-state index in [1.165, 1.54) is 7.11 Å². The summed E-state index contributed by atoms with van der Waals surface area (Å²) >= 11 is 0. The van der Waals surface area contributed by atoms with E-state index in [1.807, 2.05) is 32.0 Å². The zero-order chi connectivity index (χ0) is 21.1. The quantitative estimate of drug-likeness (QED) is 0.722. The second-order valence-electron chi connectivity index (χ2n) is 6.88. The van der Waals surface area contributed by atoms with Crippen molar-refractivity contribution in [3.8, 4) is 11.5 Å². The van der Waals surface area contributed by atoms with Crippen LogP contribution in [0.15, 0.2) is 47.7 Å². The van der Waals surface area contributed by atoms with Crippen LogP contribution in [0.4, 0.5) is 10.5 Å². The fraction of sp³-hybridized carbons (Fsp3) is 0.273. The number of aryl methyl sites for hydroxylation is 1. The van der Waals surface area contributed by atoms with Crippen LogP contribution in [0.5, 0.6) is 11.5 Å². The lowest BCUT2D eigenvalue weighted by molar-refractivity contribution is -0.113. The van der Waals surface area contributed by atoms with Gasteiger partial charge >= 0.3 is 6.03 Å². The lowest BCUT2D eigenvalue weighted by Gasteiger charge is -2.29. The number of hydrogen-bond acceptors (Lipinski definition) is 4. The minimum absolute atomic E-state index is 0.299. The molecule has 3 N–H and O–H groups in total. The molecule has 0 aliphatic carbocycles. The summed E-state index contributed by atoms with van der Waals surface area (Å²) in [5.74, 6) is 0.834. The van der Waals surface area contributed by atoms with Crippen LogP contribution >= 0.6 is 0 Å². The van der Waals surface area contributed by atoms with Crippen LogP contribution in [0.2, 0.25) is 0 Å². The van der Waals surface area contributed by atoms with Crippen molar-refractivity contribution < 1.29 is 19.1 Å². The molecule has 0 spiro atoms. The molecule has 7 heteroatoms. The van der Waals surface area contributed by atoms with E-state index in [4.69, 9.17) is 9.47 Å². The van der Waals surface area contributed by atoms with Crippen molar-refractivity contribution in [2.45, 2.75) is 26.8 Å². The molecule has 0 saturated heterocycles. The highest BCUT2D eigenvalue weighted by atomic mass is 16.5. The van der Waals surface area contributed by atoms with Gasteiger partial charge in [0.1, 0.15) is 11.5 Å². The summed E-state index contributed by atoms with van der Waals surface area (Å²) in [5.41, 5.74) is 4.36. The van der Waals surface area contributed by atoms with E-state index in [-0.39, 0.29) is 11.9 Å². The first-order chi connectivity index (χ1) is 13.8. The third-order valence-electron chi connectivity index (χ3n) is 5.12. The number of rotatable bonds is 5. The van der Waals surface area contributed by atoms with E-state index < -0.39 is 6.04 Å². The Hall–Kier alpha value is -3.48. The van der Waals surface area contributed by atoms with Crippen molar-refractivity contribution in [1.29, 1.82) is 0 Å². The average molecular weight is 395 g/mol. The maximum Gasteiger partial charge on any atom is 0.319 e. The minimum atomic E-state index is -0.672. The maximum atomic E-state index is 13.2. The normalized spacial score (nSPS) is 16.0. The maximum absolute atomic E-state index is 13.2. The van der Waals surface area contributed by atoms with Gasteiger partial charge in [-0.05, 0) is 50.1 Å². The second kappa shape index (κ2) is 8.26. The summed E-state index contributed by atoms with van der Waals surface area (Å²) in [4.78, 5) is 25.4. The number of urea groups is 1. The number of carbonyl (C=O) groups excluding carboxylic acids is 2. The Morgan fingerprint density at radius 1 is 1.07 bits per heavy atom. The number of amides is 3. The predicted octanol–water partition coefficient (Wildman–Crippen LogP) is 3.59. The van der Waals surface area contributed by atoms with Crippen LogP contribution in [0, 0.1) is 13.8 Å². The van der Waals surface area contributed by atoms with Crippen LogP contribution in [0.25, 0.3) is 0 Å². The van der Waals surface area contributed by atoms with Gasteiger partial charge in [-0.25, -0.2) is 4.79 Å². The molecule has 3 amide bonds. The zero-order valence-corrected chi connectivity index (χ0v) is 17.2. The number of ether oxygens (including phenoxy) is 2. The molecule has 0 saturated carbocycles. The molecule has 0 radical (unpaired) electrons. The van der Waals surface area contributed by atoms with Crippen molar-refractivity contribution >= 4 is 17.6 Å². The van der Waals surface area contributed by atoms with Gasteiger partial charge in [-0.3, -0.25) is 4.79 Å². The van der Waals surface area contributed by atoms with Crippen molar-refractivity contribution in [3.05, 3.63) is 64.4 Å². The Kier molecular flexibility index (Phi) is 5.77. The summed E-state index contributed by atoms with van der Waals surface area (Å²) < 4.78 is 10.7. The summed E-state index contributed by atoms with van der Waals surface area (Å²) in [5, 5.41) is 8.49. The van der Waals surface area contributed by atoms with Crippen LogP contribution < -0.4 is 25.4 Å². The van der Waals surface area contributed by atoms with Crippen molar-refractivity contribution in [2.24, 2.45) is 0 Å². The first-order valence-corrected chi connectivity index (χ1v) is 9.23. The number of benzene rings is 2. The molecule has 0 aromatic heterocycles.